The molecule has 0 aliphatic carbocycles. The first kappa shape index (κ1) is 10.6. The van der Waals surface area contributed by atoms with E-state index in [2.05, 4.69) is 13.4 Å². The summed E-state index contributed by atoms with van der Waals surface area (Å²) in [5.41, 5.74) is 0. The second kappa shape index (κ2) is 6.31. The average Bonchev–Trinajstić information content (AvgIpc) is 1.87. The van der Waals surface area contributed by atoms with Crippen LogP contribution in [-0.2, 0) is 27.3 Å². The van der Waals surface area contributed by atoms with Crippen LogP contribution in [0.25, 0.3) is 0 Å². The average molecular weight is 200 g/mol. The molecule has 0 aromatic carbocycles. The van der Waals surface area contributed by atoms with Crippen LogP contribution in [0.15, 0.2) is 0 Å². The first-order valence-electron chi connectivity index (χ1n) is 2.56. The fourth-order valence-electron chi connectivity index (χ4n) is 0.238. The molecule has 0 aliphatic rings. The van der Waals surface area contributed by atoms with E-state index in [1.54, 1.807) is 6.92 Å². The third kappa shape index (κ3) is 6.01. The predicted octanol–water partition coefficient (Wildman–Crippen LogP) is 1.53. The molecule has 0 saturated heterocycles. The lowest BCUT2D eigenvalue weighted by Crippen LogP contribution is -1.79. The Hall–Kier alpha value is -0.410. The molecule has 0 saturated carbocycles. The molecule has 0 radical (unpaired) electrons. The highest BCUT2D eigenvalue weighted by molar-refractivity contribution is 7.47. The van der Waals surface area contributed by atoms with E-state index < -0.39 is 16.5 Å². The standard InChI is InChI=1S/C3H6O6P2/c1-2-7-10(5)9-11(6)8-3-4/h3H,2H2,1H3/q+2. The zero-order chi connectivity index (χ0) is 8.69. The number of rotatable bonds is 6. The maximum absolute atomic E-state index is 10.5. The van der Waals surface area contributed by atoms with Gasteiger partial charge in [-0.1, -0.05) is 0 Å². The molecule has 0 aromatic rings. The molecule has 0 aliphatic heterocycles. The van der Waals surface area contributed by atoms with Crippen molar-refractivity contribution in [1.82, 2.24) is 0 Å². The van der Waals surface area contributed by atoms with E-state index in [0.29, 0.717) is 0 Å². The zero-order valence-electron chi connectivity index (χ0n) is 5.63. The van der Waals surface area contributed by atoms with Gasteiger partial charge in [-0.05, 0) is 6.92 Å². The van der Waals surface area contributed by atoms with Crippen LogP contribution in [0.3, 0.4) is 0 Å². The highest BCUT2D eigenvalue weighted by atomic mass is 31.2. The minimum absolute atomic E-state index is 0.0617. The summed E-state index contributed by atoms with van der Waals surface area (Å²) >= 11 is 0. The largest absolute Gasteiger partial charge is 0.803 e. The van der Waals surface area contributed by atoms with Gasteiger partial charge in [0, 0.05) is 9.13 Å². The Bertz CT molecular complexity index is 167. The van der Waals surface area contributed by atoms with Gasteiger partial charge in [0.25, 0.3) is 0 Å². The second-order valence-corrected chi connectivity index (χ2v) is 3.16. The van der Waals surface area contributed by atoms with E-state index in [9.17, 15) is 13.9 Å². The van der Waals surface area contributed by atoms with E-state index in [0.717, 1.165) is 0 Å². The Morgan fingerprint density at radius 3 is 2.45 bits per heavy atom. The minimum Gasteiger partial charge on any atom is -0.250 e. The molecule has 0 heterocycles. The van der Waals surface area contributed by atoms with Crippen molar-refractivity contribution >= 4 is 23.0 Å². The van der Waals surface area contributed by atoms with Crippen LogP contribution in [0.4, 0.5) is 0 Å². The smallest absolute Gasteiger partial charge is 0.250 e. The van der Waals surface area contributed by atoms with Crippen LogP contribution in [0.2, 0.25) is 0 Å². The van der Waals surface area contributed by atoms with Gasteiger partial charge in [-0.25, -0.2) is 0 Å². The molecule has 0 amide bonds. The molecule has 0 fully saturated rings. The van der Waals surface area contributed by atoms with Gasteiger partial charge in [0.1, 0.15) is 6.61 Å². The highest BCUT2D eigenvalue weighted by Crippen LogP contribution is 2.38. The van der Waals surface area contributed by atoms with E-state index in [-0.39, 0.29) is 13.1 Å². The van der Waals surface area contributed by atoms with Crippen molar-refractivity contribution in [2.45, 2.75) is 6.92 Å². The highest BCUT2D eigenvalue weighted by Gasteiger charge is 2.40. The van der Waals surface area contributed by atoms with Gasteiger partial charge in [-0.3, -0.25) is 4.79 Å². The SMILES string of the molecule is CCO[P+](=O)O[P+](=O)OC=O. The normalized spacial score (nSPS) is 12.1. The first-order valence-corrected chi connectivity index (χ1v) is 4.75. The molecule has 0 N–H and O–H groups in total. The Labute approximate surface area is 64.7 Å². The van der Waals surface area contributed by atoms with Gasteiger partial charge < -0.3 is 0 Å². The predicted molar refractivity (Wildman–Crippen MR) is 35.1 cm³/mol. The number of carbonyl (C=O) groups is 1. The lowest BCUT2D eigenvalue weighted by atomic mass is 10.9. The maximum atomic E-state index is 10.5. The number of hydrogen-bond donors (Lipinski definition) is 0. The topological polar surface area (TPSA) is 78.9 Å². The molecule has 62 valence electrons. The Balaban J connectivity index is 3.57. The molecule has 11 heavy (non-hydrogen) atoms. The molecule has 0 aromatic heterocycles. The molecule has 0 rings (SSSR count). The summed E-state index contributed by atoms with van der Waals surface area (Å²) in [6, 6.07) is 0. The van der Waals surface area contributed by atoms with E-state index in [4.69, 9.17) is 0 Å². The quantitative estimate of drug-likeness (QED) is 0.477. The number of hydrogen-bond acceptors (Lipinski definition) is 6. The van der Waals surface area contributed by atoms with Gasteiger partial charge in [0.15, 0.2) is 4.31 Å². The molecule has 8 heteroatoms. The lowest BCUT2D eigenvalue weighted by molar-refractivity contribution is -0.120. The fourth-order valence-corrected chi connectivity index (χ4v) is 1.30. The van der Waals surface area contributed by atoms with Crippen LogP contribution in [0, 0.1) is 0 Å². The number of carbonyl (C=O) groups excluding carboxylic acids is 1. The van der Waals surface area contributed by atoms with Crippen LogP contribution in [0.1, 0.15) is 6.92 Å². The third-order valence-electron chi connectivity index (χ3n) is 0.497. The summed E-state index contributed by atoms with van der Waals surface area (Å²) in [6.45, 7) is 1.69. The van der Waals surface area contributed by atoms with Crippen molar-refractivity contribution < 1.29 is 27.3 Å². The van der Waals surface area contributed by atoms with Gasteiger partial charge in [0.05, 0.1) is 0 Å². The molecule has 0 bridgehead atoms. The summed E-state index contributed by atoms with van der Waals surface area (Å²) < 4.78 is 33.0. The van der Waals surface area contributed by atoms with E-state index >= 15 is 0 Å². The van der Waals surface area contributed by atoms with E-state index in [1.165, 1.54) is 0 Å². The third-order valence-corrected chi connectivity index (χ3v) is 2.29. The van der Waals surface area contributed by atoms with Crippen LogP contribution >= 0.6 is 16.5 Å². The molecular formula is C3H6O6P2+2. The monoisotopic (exact) mass is 200 g/mol. The van der Waals surface area contributed by atoms with Crippen LogP contribution in [0.5, 0.6) is 0 Å². The van der Waals surface area contributed by atoms with Gasteiger partial charge in [-0.2, -0.15) is 4.52 Å². The summed E-state index contributed by atoms with van der Waals surface area (Å²) in [5.74, 6) is 0. The lowest BCUT2D eigenvalue weighted by Gasteiger charge is -1.72. The van der Waals surface area contributed by atoms with Crippen LogP contribution in [-0.4, -0.2) is 13.1 Å². The van der Waals surface area contributed by atoms with Gasteiger partial charge >= 0.3 is 23.0 Å². The van der Waals surface area contributed by atoms with Crippen molar-refractivity contribution in [3.63, 3.8) is 0 Å². The van der Waals surface area contributed by atoms with Crippen molar-refractivity contribution in [2.75, 3.05) is 6.61 Å². The van der Waals surface area contributed by atoms with Crippen molar-refractivity contribution in [2.24, 2.45) is 0 Å². The summed E-state index contributed by atoms with van der Waals surface area (Å²) in [5, 5.41) is 0. The minimum atomic E-state index is -2.66. The van der Waals surface area contributed by atoms with Crippen molar-refractivity contribution in [3.05, 3.63) is 0 Å². The molecule has 2 unspecified atom stereocenters. The second-order valence-electron chi connectivity index (χ2n) is 1.15. The Morgan fingerprint density at radius 2 is 2.00 bits per heavy atom. The molecule has 0 spiro atoms. The summed E-state index contributed by atoms with van der Waals surface area (Å²) in [4.78, 5) is 9.53. The summed E-state index contributed by atoms with van der Waals surface area (Å²) in [7, 11) is -5.11. The van der Waals surface area contributed by atoms with Gasteiger partial charge in [0.2, 0.25) is 0 Å². The first-order chi connectivity index (χ1) is 5.20. The maximum Gasteiger partial charge on any atom is 0.803 e. The zero-order valence-corrected chi connectivity index (χ0v) is 7.42. The van der Waals surface area contributed by atoms with E-state index in [1.807, 2.05) is 0 Å². The van der Waals surface area contributed by atoms with Crippen molar-refractivity contribution in [1.29, 1.82) is 0 Å². The molecule has 6 nitrogen and oxygen atoms in total. The fraction of sp³-hybridized carbons (Fsp3) is 0.667. The van der Waals surface area contributed by atoms with Gasteiger partial charge in [-0.15, -0.1) is 4.52 Å². The van der Waals surface area contributed by atoms with Crippen LogP contribution < -0.4 is 0 Å². The Kier molecular flexibility index (Phi) is 6.07. The summed E-state index contributed by atoms with van der Waals surface area (Å²) in [6.07, 6.45) is 0. The molecular weight excluding hydrogens is 194 g/mol. The molecule has 2 atom stereocenters. The Morgan fingerprint density at radius 1 is 1.36 bits per heavy atom. The van der Waals surface area contributed by atoms with Crippen molar-refractivity contribution in [3.8, 4) is 0 Å².